The van der Waals surface area contributed by atoms with Crippen molar-refractivity contribution in [3.63, 3.8) is 0 Å². The number of nitriles is 2. The fraction of sp³-hybridized carbons (Fsp3) is 0.250. The van der Waals surface area contributed by atoms with Crippen molar-refractivity contribution in [2.75, 3.05) is 7.05 Å². The van der Waals surface area contributed by atoms with E-state index in [9.17, 15) is 4.79 Å². The van der Waals surface area contributed by atoms with Crippen molar-refractivity contribution in [3.05, 3.63) is 72.5 Å². The number of quaternary nitrogens is 1. The van der Waals surface area contributed by atoms with Crippen LogP contribution in [0, 0.1) is 22.7 Å². The molecule has 3 aromatic rings. The molecule has 0 spiro atoms. The maximum Gasteiger partial charge on any atom is 0.231 e. The van der Waals surface area contributed by atoms with Crippen LogP contribution in [0.5, 0.6) is 0 Å². The van der Waals surface area contributed by atoms with E-state index in [1.54, 1.807) is 48.0 Å². The van der Waals surface area contributed by atoms with Crippen LogP contribution in [-0.4, -0.2) is 13.3 Å². The van der Waals surface area contributed by atoms with Gasteiger partial charge in [0.05, 0.1) is 31.9 Å². The third kappa shape index (κ3) is 10.9. The number of hydrogen-bond acceptors (Lipinski definition) is 7. The van der Waals surface area contributed by atoms with Crippen LogP contribution in [0.4, 0.5) is 4.70 Å². The third-order valence-electron chi connectivity index (χ3n) is 2.97. The number of furan rings is 3. The molecule has 160 valence electrons. The Kier molecular flexibility index (Phi) is 18.4. The standard InChI is InChI=1S/C7H8N2O.C6H6N2O.C5H4O2.2CH4.FH.H2/c1-9-6(5-8)7-3-2-4-10-7;7-4-5(8)6-2-1-3-9-6;6-4-5-2-1-3-7-5;;;;/h2-4,6,9H,1H3;1-3,5H,8H2;1-4H;2*1H4;2*1H/p+1/i;;;;;;1+1. The van der Waals surface area contributed by atoms with Gasteiger partial charge in [0.1, 0.15) is 11.8 Å². The van der Waals surface area contributed by atoms with Gasteiger partial charge in [-0.05, 0) is 36.4 Å². The van der Waals surface area contributed by atoms with Crippen molar-refractivity contribution < 1.29 is 29.5 Å². The lowest BCUT2D eigenvalue weighted by Crippen LogP contribution is -2.80. The van der Waals surface area contributed by atoms with Gasteiger partial charge in [0.25, 0.3) is 0 Å². The second-order valence-corrected chi connectivity index (χ2v) is 4.71. The Morgan fingerprint density at radius 1 is 1.00 bits per heavy atom. The molecule has 0 saturated carbocycles. The molecule has 0 aliphatic carbocycles. The SMILES string of the molecule is C.C.C[NH2+]C(C#N)c1ccco1.F.N#CC(N)c1ccco1.O=Cc1ccco1.[2HH]. The lowest BCUT2D eigenvalue weighted by atomic mass is 10.2. The Bertz CT molecular complexity index is 810. The van der Waals surface area contributed by atoms with Crippen LogP contribution < -0.4 is 11.1 Å². The van der Waals surface area contributed by atoms with Crippen LogP contribution in [0.3, 0.4) is 0 Å². The number of nitrogens with zero attached hydrogens (tertiary/aromatic N) is 2. The maximum absolute atomic E-state index is 9.77. The fourth-order valence-corrected chi connectivity index (χ4v) is 1.66. The minimum atomic E-state index is -0.625. The first-order chi connectivity index (χ1) is 12.7. The Hall–Kier alpha value is -3.66. The van der Waals surface area contributed by atoms with E-state index in [0.717, 1.165) is 0 Å². The van der Waals surface area contributed by atoms with Crippen molar-refractivity contribution in [1.82, 2.24) is 0 Å². The third-order valence-corrected chi connectivity index (χ3v) is 2.97. The number of carbonyl (C=O) groups excluding carboxylic acids is 1. The molecule has 4 N–H and O–H groups in total. The minimum absolute atomic E-state index is 0. The highest BCUT2D eigenvalue weighted by atomic mass is 19.0. The number of hydrogen-bond donors (Lipinski definition) is 2. The number of rotatable bonds is 4. The zero-order chi connectivity index (χ0) is 19.2. The molecule has 0 saturated heterocycles. The quantitative estimate of drug-likeness (QED) is 0.624. The summed E-state index contributed by atoms with van der Waals surface area (Å²) in [6.45, 7) is 0. The van der Waals surface area contributed by atoms with Crippen LogP contribution in [0.25, 0.3) is 0 Å². The highest BCUT2D eigenvalue weighted by molar-refractivity contribution is 5.69. The summed E-state index contributed by atoms with van der Waals surface area (Å²) < 4.78 is 14.5. The second-order valence-electron chi connectivity index (χ2n) is 4.71. The smallest absolute Gasteiger partial charge is 0.231 e. The molecule has 8 nitrogen and oxygen atoms in total. The molecule has 3 heterocycles. The van der Waals surface area contributed by atoms with Crippen LogP contribution in [0.2, 0.25) is 0 Å². The van der Waals surface area contributed by atoms with E-state index in [1.807, 2.05) is 13.1 Å². The predicted octanol–water partition coefficient (Wildman–Crippen LogP) is 3.60. The summed E-state index contributed by atoms with van der Waals surface area (Å²) in [5.41, 5.74) is 5.28. The molecule has 0 bridgehead atoms. The molecule has 0 aliphatic heterocycles. The van der Waals surface area contributed by atoms with Crippen molar-refractivity contribution in [2.45, 2.75) is 26.9 Å². The highest BCUT2D eigenvalue weighted by Gasteiger charge is 2.12. The van der Waals surface area contributed by atoms with Gasteiger partial charge in [0, 0.05) is 1.43 Å². The van der Waals surface area contributed by atoms with Gasteiger partial charge in [-0.1, -0.05) is 14.9 Å². The topological polar surface area (TPSA) is 147 Å². The molecule has 0 amide bonds. The van der Waals surface area contributed by atoms with Gasteiger partial charge >= 0.3 is 0 Å². The zero-order valence-electron chi connectivity index (χ0n) is 14.5. The predicted molar refractivity (Wildman–Crippen MR) is 108 cm³/mol. The van der Waals surface area contributed by atoms with Crippen LogP contribution in [0.15, 0.2) is 68.4 Å². The monoisotopic (exact) mass is 410 g/mol. The molecule has 9 heteroatoms. The van der Waals surface area contributed by atoms with E-state index < -0.39 is 6.04 Å². The number of aldehydes is 1. The number of halogens is 1. The normalized spacial score (nSPS) is 10.2. The molecule has 2 atom stereocenters. The van der Waals surface area contributed by atoms with Crippen molar-refractivity contribution in [3.8, 4) is 12.1 Å². The van der Waals surface area contributed by atoms with Crippen LogP contribution in [0.1, 0.15) is 50.4 Å². The summed E-state index contributed by atoms with van der Waals surface area (Å²) in [6.07, 6.45) is 5.19. The van der Waals surface area contributed by atoms with Crippen molar-refractivity contribution >= 4 is 6.29 Å². The summed E-state index contributed by atoms with van der Waals surface area (Å²) in [6, 6.07) is 13.4. The van der Waals surface area contributed by atoms with Gasteiger partial charge in [-0.15, -0.1) is 0 Å². The summed E-state index contributed by atoms with van der Waals surface area (Å²) in [4.78, 5) is 9.77. The molecule has 2 unspecified atom stereocenters. The first-order valence-corrected chi connectivity index (χ1v) is 7.56. The summed E-state index contributed by atoms with van der Waals surface area (Å²) >= 11 is 0. The van der Waals surface area contributed by atoms with Crippen molar-refractivity contribution in [2.24, 2.45) is 5.73 Å². The minimum Gasteiger partial charge on any atom is -0.467 e. The molecule has 3 rings (SSSR count). The van der Waals surface area contributed by atoms with E-state index in [4.69, 9.17) is 25.1 Å². The van der Waals surface area contributed by atoms with E-state index >= 15 is 0 Å². The average Bonchev–Trinajstić information content (AvgIpc) is 3.46. The van der Waals surface area contributed by atoms with Crippen LogP contribution in [-0.2, 0) is 0 Å². The summed E-state index contributed by atoms with van der Waals surface area (Å²) in [5.74, 6) is 1.60. The van der Waals surface area contributed by atoms with Crippen molar-refractivity contribution in [1.29, 1.82) is 10.5 Å². The van der Waals surface area contributed by atoms with Gasteiger partial charge in [-0.3, -0.25) is 9.50 Å². The molecule has 0 aromatic carbocycles. The average molecular weight is 410 g/mol. The Labute approximate surface area is 171 Å². The summed E-state index contributed by atoms with van der Waals surface area (Å²) in [5, 5.41) is 18.6. The lowest BCUT2D eigenvalue weighted by Gasteiger charge is -1.97. The second kappa shape index (κ2) is 17.7. The molecular formula is C20H30FN4O4+. The van der Waals surface area contributed by atoms with E-state index in [0.29, 0.717) is 23.6 Å². The Morgan fingerprint density at radius 3 is 1.83 bits per heavy atom. The molecular weight excluding hydrogens is 379 g/mol. The number of carbonyl (C=O) groups is 1. The maximum atomic E-state index is 9.77. The molecule has 0 radical (unpaired) electrons. The van der Waals surface area contributed by atoms with E-state index in [2.05, 4.69) is 10.5 Å². The van der Waals surface area contributed by atoms with Gasteiger partial charge in [-0.25, -0.2) is 0 Å². The first-order valence-electron chi connectivity index (χ1n) is 7.56. The fourth-order valence-electron chi connectivity index (χ4n) is 1.66. The number of nitrogens with two attached hydrogens (primary N) is 2. The molecule has 3 aromatic heterocycles. The molecule has 0 fully saturated rings. The van der Waals surface area contributed by atoms with Gasteiger partial charge in [0.15, 0.2) is 23.8 Å². The largest absolute Gasteiger partial charge is 0.467 e. The summed E-state index contributed by atoms with van der Waals surface area (Å²) in [7, 11) is 1.84. The highest BCUT2D eigenvalue weighted by Crippen LogP contribution is 2.08. The Balaban J connectivity index is -0.000000160. The van der Waals surface area contributed by atoms with Gasteiger partial charge in [0.2, 0.25) is 6.04 Å². The van der Waals surface area contributed by atoms with Gasteiger partial charge < -0.3 is 24.3 Å². The lowest BCUT2D eigenvalue weighted by molar-refractivity contribution is -0.658. The van der Waals surface area contributed by atoms with E-state index in [-0.39, 0.29) is 27.0 Å². The molecule has 0 aliphatic rings. The first kappa shape index (κ1) is 30.1. The van der Waals surface area contributed by atoms with E-state index in [1.165, 1.54) is 12.5 Å². The van der Waals surface area contributed by atoms with Crippen LogP contribution >= 0.6 is 0 Å². The Morgan fingerprint density at radius 2 is 1.52 bits per heavy atom. The zero-order valence-corrected chi connectivity index (χ0v) is 14.5. The molecule has 29 heavy (non-hydrogen) atoms. The van der Waals surface area contributed by atoms with Gasteiger partial charge in [-0.2, -0.15) is 10.5 Å².